The summed E-state index contributed by atoms with van der Waals surface area (Å²) in [4.78, 5) is 8.76. The van der Waals surface area contributed by atoms with Crippen LogP contribution >= 0.6 is 11.6 Å². The van der Waals surface area contributed by atoms with Crippen molar-refractivity contribution < 1.29 is 4.42 Å². The van der Waals surface area contributed by atoms with Crippen LogP contribution in [-0.2, 0) is 0 Å². The van der Waals surface area contributed by atoms with E-state index >= 15 is 0 Å². The fraction of sp³-hybridized carbons (Fsp3) is 0.211. The number of oxazole rings is 1. The van der Waals surface area contributed by atoms with Gasteiger partial charge in [-0.15, -0.1) is 0 Å². The van der Waals surface area contributed by atoms with Crippen molar-refractivity contribution in [3.8, 4) is 28.5 Å². The van der Waals surface area contributed by atoms with Crippen LogP contribution in [0.5, 0.6) is 0 Å². The third-order valence-corrected chi connectivity index (χ3v) is 4.46. The number of aromatic nitrogens is 2. The highest BCUT2D eigenvalue weighted by Gasteiger charge is 2.26. The van der Waals surface area contributed by atoms with Gasteiger partial charge in [-0.05, 0) is 55.2 Å². The first-order valence-corrected chi connectivity index (χ1v) is 8.16. The van der Waals surface area contributed by atoms with E-state index in [1.54, 1.807) is 6.07 Å². The lowest BCUT2D eigenvalue weighted by Gasteiger charge is -2.11. The molecule has 0 radical (unpaired) electrons. The van der Waals surface area contributed by atoms with E-state index in [9.17, 15) is 5.26 Å². The van der Waals surface area contributed by atoms with E-state index in [4.69, 9.17) is 16.0 Å². The van der Waals surface area contributed by atoms with Crippen molar-refractivity contribution in [1.82, 2.24) is 9.97 Å². The largest absolute Gasteiger partial charge is 0.448 e. The third kappa shape index (κ3) is 2.68. The Morgan fingerprint density at radius 3 is 2.71 bits per heavy atom. The van der Waals surface area contributed by atoms with Crippen LogP contribution in [0.4, 0.5) is 0 Å². The Hall–Kier alpha value is -2.64. The van der Waals surface area contributed by atoms with Crippen molar-refractivity contribution in [3.05, 3.63) is 58.9 Å². The molecule has 3 aromatic rings. The molecule has 1 aromatic carbocycles. The second kappa shape index (κ2) is 5.77. The van der Waals surface area contributed by atoms with Crippen molar-refractivity contribution in [2.75, 3.05) is 0 Å². The molecule has 1 aliphatic rings. The molecule has 0 unspecified atom stereocenters. The maximum Gasteiger partial charge on any atom is 0.181 e. The van der Waals surface area contributed by atoms with Gasteiger partial charge in [0.25, 0.3) is 0 Å². The number of benzene rings is 1. The highest BCUT2D eigenvalue weighted by atomic mass is 35.5. The Bertz CT molecular complexity index is 967. The van der Waals surface area contributed by atoms with Gasteiger partial charge in [-0.1, -0.05) is 17.7 Å². The Morgan fingerprint density at radius 2 is 2.04 bits per heavy atom. The van der Waals surface area contributed by atoms with Gasteiger partial charge in [-0.25, -0.2) is 9.97 Å². The summed E-state index contributed by atoms with van der Waals surface area (Å²) in [5, 5.41) is 9.72. The van der Waals surface area contributed by atoms with Gasteiger partial charge < -0.3 is 4.42 Å². The summed E-state index contributed by atoms with van der Waals surface area (Å²) >= 11 is 6.24. The van der Waals surface area contributed by atoms with Gasteiger partial charge in [0, 0.05) is 17.2 Å². The van der Waals surface area contributed by atoms with Crippen molar-refractivity contribution >= 4 is 11.6 Å². The van der Waals surface area contributed by atoms with E-state index in [0.717, 1.165) is 40.9 Å². The molecule has 24 heavy (non-hydrogen) atoms. The molecule has 1 saturated carbocycles. The molecule has 0 N–H and O–H groups in total. The van der Waals surface area contributed by atoms with Gasteiger partial charge in [0.1, 0.15) is 16.6 Å². The first-order valence-electron chi connectivity index (χ1n) is 7.78. The van der Waals surface area contributed by atoms with E-state index in [0.29, 0.717) is 22.4 Å². The average molecular weight is 336 g/mol. The smallest absolute Gasteiger partial charge is 0.181 e. The molecule has 4 rings (SSSR count). The SMILES string of the molecule is Cc1ocnc1-c1cc(C#N)ccc1-c1cc(Cl)nc(C2CC2)c1. The molecule has 0 saturated heterocycles. The Morgan fingerprint density at radius 1 is 1.21 bits per heavy atom. The summed E-state index contributed by atoms with van der Waals surface area (Å²) in [5.74, 6) is 1.23. The first-order chi connectivity index (χ1) is 11.7. The number of hydrogen-bond donors (Lipinski definition) is 0. The Labute approximate surface area is 144 Å². The molecular formula is C19H14ClN3O. The lowest BCUT2D eigenvalue weighted by atomic mass is 9.95. The summed E-state index contributed by atoms with van der Waals surface area (Å²) in [6.07, 6.45) is 3.74. The number of pyridine rings is 1. The number of aryl methyl sites for hydroxylation is 1. The molecule has 4 nitrogen and oxygen atoms in total. The van der Waals surface area contributed by atoms with Gasteiger partial charge in [0.2, 0.25) is 0 Å². The van der Waals surface area contributed by atoms with Crippen LogP contribution in [0.1, 0.15) is 35.8 Å². The Kier molecular flexibility index (Phi) is 3.59. The standard InChI is InChI=1S/C19H14ClN3O/c1-11-19(22-10-24-11)16-6-12(9-21)2-5-15(16)14-7-17(13-3-4-13)23-18(20)8-14/h2,5-8,10,13H,3-4H2,1H3. The zero-order valence-corrected chi connectivity index (χ0v) is 13.8. The fourth-order valence-corrected chi connectivity index (χ4v) is 3.10. The molecule has 1 aliphatic carbocycles. The van der Waals surface area contributed by atoms with Crippen LogP contribution in [0.15, 0.2) is 41.1 Å². The summed E-state index contributed by atoms with van der Waals surface area (Å²) in [6.45, 7) is 1.86. The number of halogens is 1. The van der Waals surface area contributed by atoms with E-state index in [-0.39, 0.29) is 0 Å². The Balaban J connectivity index is 1.92. The minimum atomic E-state index is 0.488. The average Bonchev–Trinajstić information content (AvgIpc) is 3.35. The van der Waals surface area contributed by atoms with Gasteiger partial charge >= 0.3 is 0 Å². The quantitative estimate of drug-likeness (QED) is 0.623. The third-order valence-electron chi connectivity index (χ3n) is 4.27. The molecular weight excluding hydrogens is 322 g/mol. The molecule has 2 aromatic heterocycles. The van der Waals surface area contributed by atoms with Gasteiger partial charge in [-0.3, -0.25) is 0 Å². The lowest BCUT2D eigenvalue weighted by molar-refractivity contribution is 0.527. The minimum absolute atomic E-state index is 0.488. The van der Waals surface area contributed by atoms with Crippen LogP contribution in [0.3, 0.4) is 0 Å². The van der Waals surface area contributed by atoms with E-state index in [2.05, 4.69) is 22.1 Å². The molecule has 0 aliphatic heterocycles. The molecule has 2 heterocycles. The molecule has 0 atom stereocenters. The van der Waals surface area contributed by atoms with Crippen LogP contribution in [0, 0.1) is 18.3 Å². The van der Waals surface area contributed by atoms with Gasteiger partial charge in [0.05, 0.1) is 11.6 Å². The predicted octanol–water partition coefficient (Wildman–Crippen LogP) is 5.11. The molecule has 0 spiro atoms. The van der Waals surface area contributed by atoms with E-state index < -0.39 is 0 Å². The highest BCUT2D eigenvalue weighted by Crippen LogP contribution is 2.42. The summed E-state index contributed by atoms with van der Waals surface area (Å²) < 4.78 is 5.35. The minimum Gasteiger partial charge on any atom is -0.448 e. The van der Waals surface area contributed by atoms with Crippen LogP contribution in [0.25, 0.3) is 22.4 Å². The normalized spacial score (nSPS) is 13.7. The van der Waals surface area contributed by atoms with E-state index in [1.165, 1.54) is 6.39 Å². The molecule has 118 valence electrons. The summed E-state index contributed by atoms with van der Waals surface area (Å²) in [5.41, 5.74) is 5.17. The summed E-state index contributed by atoms with van der Waals surface area (Å²) in [7, 11) is 0. The molecule has 0 bridgehead atoms. The van der Waals surface area contributed by atoms with Crippen LogP contribution in [0.2, 0.25) is 5.15 Å². The van der Waals surface area contributed by atoms with Crippen molar-refractivity contribution in [1.29, 1.82) is 5.26 Å². The van der Waals surface area contributed by atoms with E-state index in [1.807, 2.05) is 25.1 Å². The number of nitrogens with zero attached hydrogens (tertiary/aromatic N) is 3. The zero-order chi connectivity index (χ0) is 16.7. The van der Waals surface area contributed by atoms with Crippen molar-refractivity contribution in [2.24, 2.45) is 0 Å². The topological polar surface area (TPSA) is 62.7 Å². The van der Waals surface area contributed by atoms with Crippen molar-refractivity contribution in [2.45, 2.75) is 25.7 Å². The maximum atomic E-state index is 9.23. The second-order valence-corrected chi connectivity index (χ2v) is 6.39. The second-order valence-electron chi connectivity index (χ2n) is 6.01. The van der Waals surface area contributed by atoms with Gasteiger partial charge in [-0.2, -0.15) is 5.26 Å². The van der Waals surface area contributed by atoms with Crippen molar-refractivity contribution in [3.63, 3.8) is 0 Å². The first kappa shape index (κ1) is 14.9. The van der Waals surface area contributed by atoms with Gasteiger partial charge in [0.15, 0.2) is 6.39 Å². The predicted molar refractivity (Wildman–Crippen MR) is 91.6 cm³/mol. The molecule has 5 heteroatoms. The fourth-order valence-electron chi connectivity index (χ4n) is 2.89. The zero-order valence-electron chi connectivity index (χ0n) is 13.1. The number of hydrogen-bond acceptors (Lipinski definition) is 4. The maximum absolute atomic E-state index is 9.23. The highest BCUT2D eigenvalue weighted by molar-refractivity contribution is 6.29. The monoisotopic (exact) mass is 335 g/mol. The number of rotatable bonds is 3. The number of nitriles is 1. The molecule has 0 amide bonds. The van der Waals surface area contributed by atoms with Crippen LogP contribution < -0.4 is 0 Å². The lowest BCUT2D eigenvalue weighted by Crippen LogP contribution is -1.93. The van der Waals surface area contributed by atoms with Crippen LogP contribution in [-0.4, -0.2) is 9.97 Å². The summed E-state index contributed by atoms with van der Waals surface area (Å²) in [6, 6.07) is 11.7. The molecule has 1 fully saturated rings.